The second-order valence-electron chi connectivity index (χ2n) is 4.97. The lowest BCUT2D eigenvalue weighted by Gasteiger charge is -2.34. The maximum atomic E-state index is 12.0. The number of rotatable bonds is 4. The Hall–Kier alpha value is -1.55. The second-order valence-corrected chi connectivity index (χ2v) is 4.97. The summed E-state index contributed by atoms with van der Waals surface area (Å²) in [4.78, 5) is 13.8. The van der Waals surface area contributed by atoms with Crippen molar-refractivity contribution in [1.29, 1.82) is 0 Å². The number of methoxy groups -OCH3 is 1. The Morgan fingerprint density at radius 3 is 2.50 bits per heavy atom. The van der Waals surface area contributed by atoms with E-state index in [1.165, 1.54) is 0 Å². The number of carbonyl (C=O) groups excluding carboxylic acids is 1. The fourth-order valence-corrected chi connectivity index (χ4v) is 2.26. The molecule has 1 aliphatic rings. The van der Waals surface area contributed by atoms with Crippen LogP contribution in [0.3, 0.4) is 0 Å². The van der Waals surface area contributed by atoms with E-state index >= 15 is 0 Å². The molecule has 2 N–H and O–H groups in total. The minimum absolute atomic E-state index is 0.128. The van der Waals surface area contributed by atoms with E-state index < -0.39 is 0 Å². The molecule has 0 saturated heterocycles. The van der Waals surface area contributed by atoms with Crippen molar-refractivity contribution in [2.24, 2.45) is 11.7 Å². The van der Waals surface area contributed by atoms with Gasteiger partial charge in [-0.2, -0.15) is 0 Å². The number of ether oxygens (including phenoxy) is 1. The zero-order chi connectivity index (χ0) is 13.1. The van der Waals surface area contributed by atoms with Crippen molar-refractivity contribution < 1.29 is 9.53 Å². The van der Waals surface area contributed by atoms with Crippen LogP contribution < -0.4 is 10.5 Å². The molecule has 0 aromatic heterocycles. The summed E-state index contributed by atoms with van der Waals surface area (Å²) in [5.41, 5.74) is 6.81. The molecule has 0 radical (unpaired) electrons. The van der Waals surface area contributed by atoms with Crippen molar-refractivity contribution in [2.45, 2.75) is 25.4 Å². The van der Waals surface area contributed by atoms with Gasteiger partial charge in [-0.15, -0.1) is 0 Å². The lowest BCUT2D eigenvalue weighted by atomic mass is 9.80. The van der Waals surface area contributed by atoms with Gasteiger partial charge in [0.2, 0.25) is 5.91 Å². The highest BCUT2D eigenvalue weighted by molar-refractivity contribution is 5.79. The molecule has 1 aromatic carbocycles. The molecule has 1 aliphatic carbocycles. The number of hydrogen-bond donors (Lipinski definition) is 1. The van der Waals surface area contributed by atoms with E-state index in [9.17, 15) is 4.79 Å². The van der Waals surface area contributed by atoms with E-state index in [2.05, 4.69) is 0 Å². The molecule has 0 unspecified atom stereocenters. The average Bonchev–Trinajstić information content (AvgIpc) is 2.35. The van der Waals surface area contributed by atoms with Crippen LogP contribution in [-0.4, -0.2) is 31.0 Å². The van der Waals surface area contributed by atoms with Gasteiger partial charge in [0.25, 0.3) is 0 Å². The summed E-state index contributed by atoms with van der Waals surface area (Å²) in [6.45, 7) is 0.633. The predicted molar refractivity (Wildman–Crippen MR) is 70.2 cm³/mol. The zero-order valence-electron chi connectivity index (χ0n) is 10.9. The molecule has 18 heavy (non-hydrogen) atoms. The van der Waals surface area contributed by atoms with Crippen LogP contribution in [0, 0.1) is 5.92 Å². The van der Waals surface area contributed by atoms with E-state index in [1.54, 1.807) is 12.0 Å². The smallest absolute Gasteiger partial charge is 0.225 e. The first kappa shape index (κ1) is 12.9. The number of nitrogens with zero attached hydrogens (tertiary/aromatic N) is 1. The van der Waals surface area contributed by atoms with Crippen LogP contribution in [-0.2, 0) is 11.3 Å². The summed E-state index contributed by atoms with van der Waals surface area (Å²) in [6.07, 6.45) is 1.65. The van der Waals surface area contributed by atoms with E-state index in [0.29, 0.717) is 6.54 Å². The van der Waals surface area contributed by atoms with Gasteiger partial charge in [-0.25, -0.2) is 0 Å². The lowest BCUT2D eigenvalue weighted by molar-refractivity contribution is -0.137. The molecule has 0 bridgehead atoms. The number of nitrogens with two attached hydrogens (primary N) is 1. The van der Waals surface area contributed by atoms with Crippen molar-refractivity contribution in [2.75, 3.05) is 14.2 Å². The molecule has 4 nitrogen and oxygen atoms in total. The van der Waals surface area contributed by atoms with Crippen molar-refractivity contribution in [3.63, 3.8) is 0 Å². The molecule has 1 saturated carbocycles. The lowest BCUT2D eigenvalue weighted by Crippen LogP contribution is -2.45. The Kier molecular flexibility index (Phi) is 3.87. The quantitative estimate of drug-likeness (QED) is 0.876. The van der Waals surface area contributed by atoms with Gasteiger partial charge in [0.1, 0.15) is 5.75 Å². The van der Waals surface area contributed by atoms with E-state index in [1.807, 2.05) is 31.3 Å². The minimum Gasteiger partial charge on any atom is -0.497 e. The number of amides is 1. The van der Waals surface area contributed by atoms with Crippen LogP contribution in [0.1, 0.15) is 18.4 Å². The van der Waals surface area contributed by atoms with Crippen LogP contribution >= 0.6 is 0 Å². The summed E-state index contributed by atoms with van der Waals surface area (Å²) in [7, 11) is 3.49. The van der Waals surface area contributed by atoms with Crippen LogP contribution in [0.4, 0.5) is 0 Å². The number of hydrogen-bond acceptors (Lipinski definition) is 3. The van der Waals surface area contributed by atoms with E-state index in [-0.39, 0.29) is 17.9 Å². The fourth-order valence-electron chi connectivity index (χ4n) is 2.26. The normalized spacial score (nSPS) is 22.2. The fraction of sp³-hybridized carbons (Fsp3) is 0.500. The summed E-state index contributed by atoms with van der Waals surface area (Å²) < 4.78 is 5.10. The molecular weight excluding hydrogens is 228 g/mol. The first-order valence-electron chi connectivity index (χ1n) is 6.23. The third kappa shape index (κ3) is 2.82. The molecule has 4 heteroatoms. The molecule has 0 spiro atoms. The summed E-state index contributed by atoms with van der Waals surface area (Å²) in [6, 6.07) is 8.00. The molecule has 0 atom stereocenters. The second kappa shape index (κ2) is 5.40. The van der Waals surface area contributed by atoms with Gasteiger partial charge in [0.05, 0.1) is 7.11 Å². The molecule has 0 heterocycles. The SMILES string of the molecule is COc1ccc(CN(C)C(=O)C2CC(N)C2)cc1. The Morgan fingerprint density at radius 2 is 2.00 bits per heavy atom. The predicted octanol–water partition coefficient (Wildman–Crippen LogP) is 1.39. The van der Waals surface area contributed by atoms with E-state index in [0.717, 1.165) is 24.2 Å². The molecule has 1 fully saturated rings. The van der Waals surface area contributed by atoms with Crippen LogP contribution in [0.2, 0.25) is 0 Å². The highest BCUT2D eigenvalue weighted by Crippen LogP contribution is 2.27. The number of benzene rings is 1. The van der Waals surface area contributed by atoms with Gasteiger partial charge < -0.3 is 15.4 Å². The molecule has 2 rings (SSSR count). The van der Waals surface area contributed by atoms with Gasteiger partial charge in [-0.3, -0.25) is 4.79 Å². The molecule has 1 aromatic rings. The summed E-state index contributed by atoms with van der Waals surface area (Å²) >= 11 is 0. The first-order valence-corrected chi connectivity index (χ1v) is 6.23. The first-order chi connectivity index (χ1) is 8.60. The Bertz CT molecular complexity index is 410. The number of carbonyl (C=O) groups is 1. The van der Waals surface area contributed by atoms with Crippen LogP contribution in [0.25, 0.3) is 0 Å². The van der Waals surface area contributed by atoms with Crippen LogP contribution in [0.5, 0.6) is 5.75 Å². The van der Waals surface area contributed by atoms with Gasteiger partial charge >= 0.3 is 0 Å². The average molecular weight is 248 g/mol. The Morgan fingerprint density at radius 1 is 1.39 bits per heavy atom. The minimum atomic E-state index is 0.128. The van der Waals surface area contributed by atoms with Crippen molar-refractivity contribution >= 4 is 5.91 Å². The van der Waals surface area contributed by atoms with Crippen LogP contribution in [0.15, 0.2) is 24.3 Å². The third-order valence-corrected chi connectivity index (χ3v) is 3.48. The van der Waals surface area contributed by atoms with Crippen molar-refractivity contribution in [3.05, 3.63) is 29.8 Å². The topological polar surface area (TPSA) is 55.6 Å². The summed E-state index contributed by atoms with van der Waals surface area (Å²) in [5.74, 6) is 1.16. The molecule has 0 aliphatic heterocycles. The Balaban J connectivity index is 1.89. The molecule has 98 valence electrons. The largest absolute Gasteiger partial charge is 0.497 e. The summed E-state index contributed by atoms with van der Waals surface area (Å²) in [5, 5.41) is 0. The van der Waals surface area contributed by atoms with Gasteiger partial charge in [0.15, 0.2) is 0 Å². The van der Waals surface area contributed by atoms with Gasteiger partial charge in [-0.1, -0.05) is 12.1 Å². The van der Waals surface area contributed by atoms with E-state index in [4.69, 9.17) is 10.5 Å². The monoisotopic (exact) mass is 248 g/mol. The highest BCUT2D eigenvalue weighted by atomic mass is 16.5. The highest BCUT2D eigenvalue weighted by Gasteiger charge is 2.33. The van der Waals surface area contributed by atoms with Gasteiger partial charge in [0, 0.05) is 25.6 Å². The maximum Gasteiger partial charge on any atom is 0.225 e. The van der Waals surface area contributed by atoms with Crippen molar-refractivity contribution in [1.82, 2.24) is 4.90 Å². The Labute approximate surface area is 108 Å². The molecular formula is C14H20N2O2. The van der Waals surface area contributed by atoms with Gasteiger partial charge in [-0.05, 0) is 30.5 Å². The standard InChI is InChI=1S/C14H20N2O2/c1-16(14(17)11-7-12(15)8-11)9-10-3-5-13(18-2)6-4-10/h3-6,11-12H,7-9,15H2,1-2H3. The van der Waals surface area contributed by atoms with Crippen molar-refractivity contribution in [3.8, 4) is 5.75 Å². The zero-order valence-corrected chi connectivity index (χ0v) is 10.9. The maximum absolute atomic E-state index is 12.0. The molecule has 1 amide bonds. The third-order valence-electron chi connectivity index (χ3n) is 3.48.